The number of halogens is 2. The van der Waals surface area contributed by atoms with Crippen LogP contribution in [0.25, 0.3) is 0 Å². The van der Waals surface area contributed by atoms with Crippen molar-refractivity contribution in [3.8, 4) is 17.2 Å². The lowest BCUT2D eigenvalue weighted by Crippen LogP contribution is -2.40. The molecule has 0 aromatic heterocycles. The van der Waals surface area contributed by atoms with E-state index in [9.17, 15) is 23.2 Å². The number of amides is 3. The van der Waals surface area contributed by atoms with E-state index in [1.54, 1.807) is 29.2 Å². The number of methoxy groups -OCH3 is 1. The Hall–Kier alpha value is -5.65. The van der Waals surface area contributed by atoms with E-state index in [4.69, 9.17) is 19.3 Å². The third-order valence-electron chi connectivity index (χ3n) is 7.69. The molecule has 1 fully saturated rings. The number of para-hydroxylation sites is 1. The van der Waals surface area contributed by atoms with Crippen LogP contribution < -0.4 is 24.8 Å². The molecule has 1 saturated heterocycles. The van der Waals surface area contributed by atoms with Crippen molar-refractivity contribution >= 4 is 29.3 Å². The normalized spacial score (nSPS) is 15.5. The van der Waals surface area contributed by atoms with Gasteiger partial charge in [0.15, 0.2) is 11.6 Å². The predicted molar refractivity (Wildman–Crippen MR) is 170 cm³/mol. The van der Waals surface area contributed by atoms with Gasteiger partial charge in [0.1, 0.15) is 30.0 Å². The number of rotatable bonds is 11. The third kappa shape index (κ3) is 8.34. The molecule has 1 aliphatic rings. The van der Waals surface area contributed by atoms with E-state index in [-0.39, 0.29) is 36.8 Å². The molecule has 12 heteroatoms. The zero-order valence-corrected chi connectivity index (χ0v) is 25.7. The van der Waals surface area contributed by atoms with Gasteiger partial charge >= 0.3 is 12.0 Å². The van der Waals surface area contributed by atoms with Gasteiger partial charge in [-0.1, -0.05) is 24.3 Å². The lowest BCUT2D eigenvalue weighted by atomic mass is 10.1. The average molecular weight is 646 g/mol. The predicted octanol–water partition coefficient (Wildman–Crippen LogP) is 6.29. The van der Waals surface area contributed by atoms with Crippen LogP contribution >= 0.6 is 0 Å². The van der Waals surface area contributed by atoms with Crippen molar-refractivity contribution < 1.29 is 42.5 Å². The molecule has 0 unspecified atom stereocenters. The van der Waals surface area contributed by atoms with Crippen molar-refractivity contribution in [3.63, 3.8) is 0 Å². The van der Waals surface area contributed by atoms with E-state index in [1.165, 1.54) is 37.4 Å². The van der Waals surface area contributed by atoms with Crippen molar-refractivity contribution in [3.05, 3.63) is 113 Å². The molecule has 2 atom stereocenters. The zero-order chi connectivity index (χ0) is 33.5. The number of hydrogen-bond donors (Lipinski definition) is 3. The number of benzene rings is 4. The van der Waals surface area contributed by atoms with Gasteiger partial charge in [-0.05, 0) is 72.6 Å². The minimum Gasteiger partial charge on any atom is -0.495 e. The van der Waals surface area contributed by atoms with E-state index >= 15 is 0 Å². The molecule has 3 N–H and O–H groups in total. The summed E-state index contributed by atoms with van der Waals surface area (Å²) in [6, 6.07) is 20.4. The van der Waals surface area contributed by atoms with Crippen LogP contribution in [0.5, 0.6) is 17.2 Å². The minimum absolute atomic E-state index is 0.0204. The van der Waals surface area contributed by atoms with Crippen molar-refractivity contribution in [1.82, 2.24) is 4.90 Å². The molecule has 244 valence electrons. The molecule has 1 heterocycles. The van der Waals surface area contributed by atoms with E-state index in [0.717, 1.165) is 17.7 Å². The number of urea groups is 1. The van der Waals surface area contributed by atoms with Gasteiger partial charge in [-0.25, -0.2) is 18.4 Å². The summed E-state index contributed by atoms with van der Waals surface area (Å²) in [6.45, 7) is 2.07. The first-order valence-corrected chi connectivity index (χ1v) is 14.8. The van der Waals surface area contributed by atoms with Crippen LogP contribution in [0.15, 0.2) is 84.9 Å². The Bertz CT molecular complexity index is 1770. The molecule has 0 bridgehead atoms. The van der Waals surface area contributed by atoms with Crippen LogP contribution in [0, 0.1) is 18.6 Å². The van der Waals surface area contributed by atoms with Crippen molar-refractivity contribution in [2.45, 2.75) is 31.9 Å². The van der Waals surface area contributed by atoms with Crippen LogP contribution in [0.4, 0.5) is 25.0 Å². The summed E-state index contributed by atoms with van der Waals surface area (Å²) >= 11 is 0. The van der Waals surface area contributed by atoms with Gasteiger partial charge in [-0.2, -0.15) is 0 Å². The number of anilines is 2. The van der Waals surface area contributed by atoms with E-state index in [0.29, 0.717) is 34.9 Å². The van der Waals surface area contributed by atoms with Crippen LogP contribution in [0.1, 0.15) is 27.9 Å². The van der Waals surface area contributed by atoms with E-state index in [1.807, 2.05) is 25.1 Å². The van der Waals surface area contributed by atoms with E-state index in [2.05, 4.69) is 10.6 Å². The summed E-state index contributed by atoms with van der Waals surface area (Å²) in [5.74, 6) is -2.27. The highest BCUT2D eigenvalue weighted by Gasteiger charge is 2.37. The van der Waals surface area contributed by atoms with Gasteiger partial charge in [-0.3, -0.25) is 4.79 Å². The molecule has 4 aromatic rings. The maximum atomic E-state index is 14.4. The number of likely N-dealkylation sites (tertiary alicyclic amines) is 1. The average Bonchev–Trinajstić information content (AvgIpc) is 3.46. The van der Waals surface area contributed by atoms with Crippen LogP contribution in [0.2, 0.25) is 0 Å². The lowest BCUT2D eigenvalue weighted by molar-refractivity contribution is -0.132. The molecule has 47 heavy (non-hydrogen) atoms. The molecule has 0 radical (unpaired) electrons. The Morgan fingerprint density at radius 1 is 0.915 bits per heavy atom. The summed E-state index contributed by atoms with van der Waals surface area (Å²) in [5, 5.41) is 14.7. The number of nitrogens with zero attached hydrogens (tertiary/aromatic N) is 1. The quantitative estimate of drug-likeness (QED) is 0.175. The molecular formula is C35H33F2N3O7. The smallest absolute Gasteiger partial charge is 0.335 e. The van der Waals surface area contributed by atoms with Gasteiger partial charge in [-0.15, -0.1) is 0 Å². The number of aryl methyl sites for hydroxylation is 1. The number of nitrogens with one attached hydrogen (secondary N) is 2. The lowest BCUT2D eigenvalue weighted by Gasteiger charge is -2.25. The van der Waals surface area contributed by atoms with Crippen LogP contribution in [0.3, 0.4) is 0 Å². The van der Waals surface area contributed by atoms with E-state index < -0.39 is 35.8 Å². The standard InChI is InChI=1S/C35H33F2N3O7/c1-21-5-3-4-6-29(21)38-35(44)39-30-13-7-22(15-32(30)45-2)16-33(41)40-19-27(47-31-14-10-24(36)17-28(31)37)18-25(40)20-46-26-11-8-23(9-12-26)34(42)43/h3-15,17,25,27H,16,18-20H2,1-2H3,(H,42,43)(H2,38,39,44)/t25-,27+/m0/s1. The molecule has 1 aliphatic heterocycles. The molecule has 4 aromatic carbocycles. The summed E-state index contributed by atoms with van der Waals surface area (Å²) in [6.07, 6.45) is -0.319. The van der Waals surface area contributed by atoms with Crippen molar-refractivity contribution in [1.29, 1.82) is 0 Å². The number of carbonyl (C=O) groups excluding carboxylic acids is 2. The minimum atomic E-state index is -1.07. The summed E-state index contributed by atoms with van der Waals surface area (Å²) < 4.78 is 45.0. The Kier molecular flexibility index (Phi) is 10.2. The summed E-state index contributed by atoms with van der Waals surface area (Å²) in [4.78, 5) is 39.1. The topological polar surface area (TPSA) is 126 Å². The number of carboxylic acids is 1. The molecule has 3 amide bonds. The van der Waals surface area contributed by atoms with Crippen molar-refractivity contribution in [2.24, 2.45) is 0 Å². The number of ether oxygens (including phenoxy) is 3. The van der Waals surface area contributed by atoms with Gasteiger partial charge < -0.3 is 34.9 Å². The summed E-state index contributed by atoms with van der Waals surface area (Å²) in [7, 11) is 1.46. The Morgan fingerprint density at radius 2 is 1.66 bits per heavy atom. The number of carboxylic acid groups (broad SMARTS) is 1. The van der Waals surface area contributed by atoms with Crippen LogP contribution in [-0.4, -0.2) is 60.3 Å². The third-order valence-corrected chi connectivity index (χ3v) is 7.69. The fourth-order valence-corrected chi connectivity index (χ4v) is 5.27. The summed E-state index contributed by atoms with van der Waals surface area (Å²) in [5.41, 5.74) is 2.70. The van der Waals surface area contributed by atoms with Crippen LogP contribution in [-0.2, 0) is 11.2 Å². The van der Waals surface area contributed by atoms with Gasteiger partial charge in [0, 0.05) is 18.2 Å². The number of carbonyl (C=O) groups is 3. The van der Waals surface area contributed by atoms with Gasteiger partial charge in [0.25, 0.3) is 0 Å². The second kappa shape index (κ2) is 14.6. The monoisotopic (exact) mass is 645 g/mol. The number of hydrogen-bond acceptors (Lipinski definition) is 6. The molecule has 0 spiro atoms. The first kappa shape index (κ1) is 32.7. The molecule has 0 aliphatic carbocycles. The molecule has 5 rings (SSSR count). The Labute approximate surface area is 269 Å². The van der Waals surface area contributed by atoms with Crippen molar-refractivity contribution in [2.75, 3.05) is 30.9 Å². The second-order valence-corrected chi connectivity index (χ2v) is 11.0. The maximum absolute atomic E-state index is 14.4. The second-order valence-electron chi connectivity index (χ2n) is 11.0. The van der Waals surface area contributed by atoms with Gasteiger partial charge in [0.2, 0.25) is 5.91 Å². The fraction of sp³-hybridized carbons (Fsp3) is 0.229. The maximum Gasteiger partial charge on any atom is 0.335 e. The number of aromatic carboxylic acids is 1. The highest BCUT2D eigenvalue weighted by Crippen LogP contribution is 2.29. The fourth-order valence-electron chi connectivity index (χ4n) is 5.27. The molecule has 10 nitrogen and oxygen atoms in total. The first-order valence-electron chi connectivity index (χ1n) is 14.8. The zero-order valence-electron chi connectivity index (χ0n) is 25.7. The largest absolute Gasteiger partial charge is 0.495 e. The first-order chi connectivity index (χ1) is 22.6. The SMILES string of the molecule is COc1cc(CC(=O)N2C[C@H](Oc3ccc(F)cc3F)C[C@H]2COc2ccc(C(=O)O)cc2)ccc1NC(=O)Nc1ccccc1C. The molecule has 0 saturated carbocycles. The highest BCUT2D eigenvalue weighted by atomic mass is 19.1. The Balaban J connectivity index is 1.28. The Morgan fingerprint density at radius 3 is 2.36 bits per heavy atom. The highest BCUT2D eigenvalue weighted by molar-refractivity contribution is 6.01. The molecular weight excluding hydrogens is 612 g/mol. The van der Waals surface area contributed by atoms with Gasteiger partial charge in [0.05, 0.1) is 37.4 Å².